The Morgan fingerprint density at radius 2 is 1.79 bits per heavy atom. The first-order valence-corrected chi connectivity index (χ1v) is 6.60. The van der Waals surface area contributed by atoms with Crippen molar-refractivity contribution in [3.63, 3.8) is 0 Å². The first-order chi connectivity index (χ1) is 9.38. The topological polar surface area (TPSA) is 33.3 Å². The molecule has 2 aromatic carbocycles. The molecule has 0 radical (unpaired) electrons. The van der Waals surface area contributed by atoms with Gasteiger partial charge in [0, 0.05) is 6.54 Å². The van der Waals surface area contributed by atoms with E-state index in [1.807, 2.05) is 31.3 Å². The molecule has 0 fully saturated rings. The monoisotopic (exact) mass is 254 g/mol. The molecule has 19 heavy (non-hydrogen) atoms. The molecule has 1 aliphatic heterocycles. The molecule has 0 amide bonds. The van der Waals surface area contributed by atoms with Crippen molar-refractivity contribution in [1.29, 1.82) is 0 Å². The van der Waals surface area contributed by atoms with E-state index in [1.54, 1.807) is 0 Å². The van der Waals surface area contributed by atoms with E-state index < -0.39 is 0 Å². The van der Waals surface area contributed by atoms with Gasteiger partial charge in [0.05, 0.1) is 11.7 Å². The minimum absolute atomic E-state index is 0.0311. The molecule has 0 saturated heterocycles. The van der Waals surface area contributed by atoms with Crippen LogP contribution in [0.25, 0.3) is 0 Å². The number of nitrogens with one attached hydrogen (secondary N) is 2. The van der Waals surface area contributed by atoms with Crippen LogP contribution in [-0.2, 0) is 0 Å². The van der Waals surface area contributed by atoms with Crippen molar-refractivity contribution in [2.24, 2.45) is 0 Å². The summed E-state index contributed by atoms with van der Waals surface area (Å²) in [6, 6.07) is 18.7. The fraction of sp³-hybridized carbons (Fsp3) is 0.250. The van der Waals surface area contributed by atoms with Crippen LogP contribution < -0.4 is 15.4 Å². The van der Waals surface area contributed by atoms with Crippen molar-refractivity contribution >= 4 is 5.69 Å². The van der Waals surface area contributed by atoms with Crippen LogP contribution in [0.4, 0.5) is 5.69 Å². The Kier molecular flexibility index (Phi) is 3.38. The van der Waals surface area contributed by atoms with Gasteiger partial charge in [-0.05, 0) is 24.7 Å². The zero-order chi connectivity index (χ0) is 13.1. The average Bonchev–Trinajstić information content (AvgIpc) is 2.48. The fourth-order valence-electron chi connectivity index (χ4n) is 2.50. The zero-order valence-corrected chi connectivity index (χ0v) is 11.0. The number of hydrogen-bond donors (Lipinski definition) is 2. The van der Waals surface area contributed by atoms with E-state index in [1.165, 1.54) is 5.56 Å². The highest BCUT2D eigenvalue weighted by Gasteiger charge is 2.29. The number of ether oxygens (including phenoxy) is 1. The molecule has 3 nitrogen and oxygen atoms in total. The summed E-state index contributed by atoms with van der Waals surface area (Å²) in [6.45, 7) is 0.855. The van der Waals surface area contributed by atoms with Crippen molar-refractivity contribution in [3.05, 3.63) is 60.2 Å². The second-order valence-electron chi connectivity index (χ2n) is 4.75. The summed E-state index contributed by atoms with van der Waals surface area (Å²) < 4.78 is 6.18. The fourth-order valence-corrected chi connectivity index (χ4v) is 2.50. The molecule has 98 valence electrons. The molecule has 2 aromatic rings. The van der Waals surface area contributed by atoms with E-state index >= 15 is 0 Å². The average molecular weight is 254 g/mol. The quantitative estimate of drug-likeness (QED) is 0.883. The van der Waals surface area contributed by atoms with Gasteiger partial charge >= 0.3 is 0 Å². The maximum absolute atomic E-state index is 6.18. The van der Waals surface area contributed by atoms with Gasteiger partial charge in [-0.15, -0.1) is 0 Å². The van der Waals surface area contributed by atoms with E-state index in [2.05, 4.69) is 41.0 Å². The third kappa shape index (κ3) is 2.42. The van der Waals surface area contributed by atoms with Crippen molar-refractivity contribution < 1.29 is 4.74 Å². The lowest BCUT2D eigenvalue weighted by Crippen LogP contribution is -2.41. The van der Waals surface area contributed by atoms with E-state index in [9.17, 15) is 0 Å². The molecule has 0 saturated carbocycles. The highest BCUT2D eigenvalue weighted by molar-refractivity contribution is 5.59. The SMILES string of the molecule is CNCC1Nc2ccccc2OC1c1ccccc1. The van der Waals surface area contributed by atoms with Crippen LogP contribution in [0.5, 0.6) is 5.75 Å². The second-order valence-corrected chi connectivity index (χ2v) is 4.75. The Bertz CT molecular complexity index is 541. The van der Waals surface area contributed by atoms with Crippen molar-refractivity contribution in [2.45, 2.75) is 12.1 Å². The van der Waals surface area contributed by atoms with Gasteiger partial charge in [-0.25, -0.2) is 0 Å². The van der Waals surface area contributed by atoms with E-state index in [0.29, 0.717) is 0 Å². The number of rotatable bonds is 3. The van der Waals surface area contributed by atoms with Crippen LogP contribution >= 0.6 is 0 Å². The van der Waals surface area contributed by atoms with Gasteiger partial charge in [0.2, 0.25) is 0 Å². The third-order valence-corrected chi connectivity index (χ3v) is 3.40. The van der Waals surface area contributed by atoms with Gasteiger partial charge in [-0.1, -0.05) is 42.5 Å². The molecule has 2 unspecified atom stereocenters. The van der Waals surface area contributed by atoms with Gasteiger partial charge in [0.15, 0.2) is 0 Å². The maximum atomic E-state index is 6.18. The summed E-state index contributed by atoms with van der Waals surface area (Å²) in [4.78, 5) is 0. The van der Waals surface area contributed by atoms with Gasteiger partial charge in [0.25, 0.3) is 0 Å². The van der Waals surface area contributed by atoms with Crippen LogP contribution in [0.3, 0.4) is 0 Å². The maximum Gasteiger partial charge on any atom is 0.145 e. The van der Waals surface area contributed by atoms with Crippen molar-refractivity contribution in [2.75, 3.05) is 18.9 Å². The molecule has 0 bridgehead atoms. The van der Waals surface area contributed by atoms with Crippen LogP contribution in [0.2, 0.25) is 0 Å². The Morgan fingerprint density at radius 1 is 1.05 bits per heavy atom. The highest BCUT2D eigenvalue weighted by Crippen LogP contribution is 2.36. The summed E-state index contributed by atoms with van der Waals surface area (Å²) in [5, 5.41) is 6.78. The van der Waals surface area contributed by atoms with Gasteiger partial charge in [-0.2, -0.15) is 0 Å². The first-order valence-electron chi connectivity index (χ1n) is 6.60. The number of hydrogen-bond acceptors (Lipinski definition) is 3. The summed E-state index contributed by atoms with van der Waals surface area (Å²) in [5.74, 6) is 0.920. The van der Waals surface area contributed by atoms with E-state index in [4.69, 9.17) is 4.74 Å². The van der Waals surface area contributed by atoms with Crippen molar-refractivity contribution in [3.8, 4) is 5.75 Å². The van der Waals surface area contributed by atoms with Gasteiger partial charge in [-0.3, -0.25) is 0 Å². The molecule has 0 aliphatic carbocycles. The Hall–Kier alpha value is -2.00. The van der Waals surface area contributed by atoms with E-state index in [-0.39, 0.29) is 12.1 Å². The van der Waals surface area contributed by atoms with Crippen LogP contribution in [0, 0.1) is 0 Å². The van der Waals surface area contributed by atoms with Gasteiger partial charge < -0.3 is 15.4 Å². The molecule has 2 atom stereocenters. The smallest absolute Gasteiger partial charge is 0.145 e. The number of para-hydroxylation sites is 2. The van der Waals surface area contributed by atoms with Gasteiger partial charge in [0.1, 0.15) is 11.9 Å². The van der Waals surface area contributed by atoms with Crippen LogP contribution in [0.15, 0.2) is 54.6 Å². The van der Waals surface area contributed by atoms with E-state index in [0.717, 1.165) is 18.0 Å². The largest absolute Gasteiger partial charge is 0.481 e. The molecule has 1 heterocycles. The van der Waals surface area contributed by atoms with Crippen LogP contribution in [0.1, 0.15) is 11.7 Å². The molecule has 3 heteroatoms. The summed E-state index contributed by atoms with van der Waals surface area (Å²) >= 11 is 0. The molecular formula is C16H18N2O. The minimum atomic E-state index is 0.0311. The normalized spacial score (nSPS) is 21.1. The standard InChI is InChI=1S/C16H18N2O/c1-17-11-14-16(12-7-3-2-4-8-12)19-15-10-6-5-9-13(15)18-14/h2-10,14,16-18H,11H2,1H3. The zero-order valence-electron chi connectivity index (χ0n) is 11.0. The lowest BCUT2D eigenvalue weighted by molar-refractivity contribution is 0.170. The molecule has 3 rings (SSSR count). The number of likely N-dealkylation sites (N-methyl/N-ethyl adjacent to an activating group) is 1. The molecule has 1 aliphatic rings. The second kappa shape index (κ2) is 5.33. The Morgan fingerprint density at radius 3 is 2.58 bits per heavy atom. The highest BCUT2D eigenvalue weighted by atomic mass is 16.5. The molecule has 2 N–H and O–H groups in total. The lowest BCUT2D eigenvalue weighted by Gasteiger charge is -2.35. The summed E-state index contributed by atoms with van der Waals surface area (Å²) in [5.41, 5.74) is 2.26. The first kappa shape index (κ1) is 12.1. The van der Waals surface area contributed by atoms with Crippen molar-refractivity contribution in [1.82, 2.24) is 5.32 Å². The third-order valence-electron chi connectivity index (χ3n) is 3.40. The minimum Gasteiger partial charge on any atom is -0.481 e. The predicted octanol–water partition coefficient (Wildman–Crippen LogP) is 2.82. The Labute approximate surface area is 113 Å². The summed E-state index contributed by atoms with van der Waals surface area (Å²) in [7, 11) is 1.96. The molecule has 0 spiro atoms. The molecule has 0 aromatic heterocycles. The number of benzene rings is 2. The summed E-state index contributed by atoms with van der Waals surface area (Å²) in [6.07, 6.45) is 0.0311. The number of anilines is 1. The lowest BCUT2D eigenvalue weighted by atomic mass is 9.99. The predicted molar refractivity (Wildman–Crippen MR) is 77.6 cm³/mol. The Balaban J connectivity index is 1.94. The molecular weight excluding hydrogens is 236 g/mol. The number of fused-ring (bicyclic) bond motifs is 1. The van der Waals surface area contributed by atoms with Crippen LogP contribution in [-0.4, -0.2) is 19.6 Å².